The van der Waals surface area contributed by atoms with Gasteiger partial charge in [-0.25, -0.2) is 0 Å². The van der Waals surface area contributed by atoms with Crippen LogP contribution < -0.4 is 5.73 Å². The van der Waals surface area contributed by atoms with Gasteiger partial charge in [0.15, 0.2) is 0 Å². The van der Waals surface area contributed by atoms with Gasteiger partial charge in [0.2, 0.25) is 0 Å². The molecule has 1 aromatic rings. The summed E-state index contributed by atoms with van der Waals surface area (Å²) in [6, 6.07) is 1.90. The zero-order chi connectivity index (χ0) is 10.6. The second kappa shape index (κ2) is 4.74. The molecule has 14 heavy (non-hydrogen) atoms. The molecule has 0 aliphatic carbocycles. The standard InChI is InChI=1S/C11H17N3/c1-8(2)6-14-11(12)10-4-5-13-7-9(10)3/h4-5,7-8H,6H2,1-3H3,(H2,12,14). The molecule has 76 valence electrons. The summed E-state index contributed by atoms with van der Waals surface area (Å²) in [4.78, 5) is 8.33. The Morgan fingerprint density at radius 2 is 2.29 bits per heavy atom. The molecule has 0 spiro atoms. The fraction of sp³-hybridized carbons (Fsp3) is 0.455. The molecular weight excluding hydrogens is 174 g/mol. The van der Waals surface area contributed by atoms with Crippen LogP contribution in [-0.4, -0.2) is 17.4 Å². The quantitative estimate of drug-likeness (QED) is 0.584. The molecule has 2 N–H and O–H groups in total. The van der Waals surface area contributed by atoms with Crippen molar-refractivity contribution in [3.8, 4) is 0 Å². The van der Waals surface area contributed by atoms with E-state index in [1.807, 2.05) is 13.0 Å². The molecule has 0 aliphatic rings. The highest BCUT2D eigenvalue weighted by molar-refractivity contribution is 5.98. The summed E-state index contributed by atoms with van der Waals surface area (Å²) in [5.74, 6) is 1.15. The number of hydrogen-bond acceptors (Lipinski definition) is 2. The minimum atomic E-state index is 0.538. The van der Waals surface area contributed by atoms with Gasteiger partial charge in [-0.05, 0) is 24.5 Å². The molecule has 0 atom stereocenters. The highest BCUT2D eigenvalue weighted by Crippen LogP contribution is 2.04. The van der Waals surface area contributed by atoms with E-state index in [4.69, 9.17) is 5.73 Å². The second-order valence-corrected chi connectivity index (χ2v) is 3.81. The Labute approximate surface area is 85.1 Å². The first-order chi connectivity index (χ1) is 6.61. The monoisotopic (exact) mass is 191 g/mol. The SMILES string of the molecule is Cc1cnccc1C(N)=NCC(C)C. The average molecular weight is 191 g/mol. The molecule has 1 heterocycles. The molecule has 1 aromatic heterocycles. The minimum absolute atomic E-state index is 0.538. The molecule has 0 aliphatic heterocycles. The maximum absolute atomic E-state index is 5.87. The Balaban J connectivity index is 2.84. The molecule has 1 rings (SSSR count). The van der Waals surface area contributed by atoms with Crippen molar-refractivity contribution >= 4 is 5.84 Å². The Bertz CT molecular complexity index is 329. The van der Waals surface area contributed by atoms with Crippen LogP contribution in [0.15, 0.2) is 23.5 Å². The fourth-order valence-corrected chi connectivity index (χ4v) is 1.13. The van der Waals surface area contributed by atoms with Gasteiger partial charge >= 0.3 is 0 Å². The smallest absolute Gasteiger partial charge is 0.126 e. The van der Waals surface area contributed by atoms with Crippen LogP contribution in [0.3, 0.4) is 0 Å². The van der Waals surface area contributed by atoms with Crippen molar-refractivity contribution in [1.82, 2.24) is 4.98 Å². The van der Waals surface area contributed by atoms with E-state index in [9.17, 15) is 0 Å². The Kier molecular flexibility index (Phi) is 3.63. The first kappa shape index (κ1) is 10.7. The van der Waals surface area contributed by atoms with Crippen molar-refractivity contribution in [3.05, 3.63) is 29.6 Å². The molecule has 3 heteroatoms. The van der Waals surface area contributed by atoms with Gasteiger partial charge in [-0.15, -0.1) is 0 Å². The van der Waals surface area contributed by atoms with E-state index >= 15 is 0 Å². The van der Waals surface area contributed by atoms with Gasteiger partial charge in [0.05, 0.1) is 0 Å². The lowest BCUT2D eigenvalue weighted by Crippen LogP contribution is -2.16. The third-order valence-electron chi connectivity index (χ3n) is 1.92. The summed E-state index contributed by atoms with van der Waals surface area (Å²) in [6.45, 7) is 7.00. The van der Waals surface area contributed by atoms with Crippen LogP contribution in [0.5, 0.6) is 0 Å². The van der Waals surface area contributed by atoms with Gasteiger partial charge in [-0.1, -0.05) is 13.8 Å². The highest BCUT2D eigenvalue weighted by Gasteiger charge is 2.01. The van der Waals surface area contributed by atoms with Crippen LogP contribution >= 0.6 is 0 Å². The normalized spacial score (nSPS) is 12.1. The lowest BCUT2D eigenvalue weighted by atomic mass is 10.1. The van der Waals surface area contributed by atoms with Gasteiger partial charge in [-0.2, -0.15) is 0 Å². The van der Waals surface area contributed by atoms with Crippen molar-refractivity contribution < 1.29 is 0 Å². The molecule has 3 nitrogen and oxygen atoms in total. The van der Waals surface area contributed by atoms with E-state index in [0.717, 1.165) is 17.7 Å². The van der Waals surface area contributed by atoms with Crippen molar-refractivity contribution in [1.29, 1.82) is 0 Å². The Morgan fingerprint density at radius 3 is 2.86 bits per heavy atom. The minimum Gasteiger partial charge on any atom is -0.383 e. The third-order valence-corrected chi connectivity index (χ3v) is 1.92. The lowest BCUT2D eigenvalue weighted by molar-refractivity contribution is 0.665. The van der Waals surface area contributed by atoms with Crippen LogP contribution in [0.2, 0.25) is 0 Å². The van der Waals surface area contributed by atoms with Gasteiger partial charge in [0.1, 0.15) is 5.84 Å². The average Bonchev–Trinajstić information content (AvgIpc) is 2.15. The third kappa shape index (κ3) is 2.83. The number of amidine groups is 1. The van der Waals surface area contributed by atoms with Crippen LogP contribution in [0.25, 0.3) is 0 Å². The zero-order valence-corrected chi connectivity index (χ0v) is 8.99. The van der Waals surface area contributed by atoms with Crippen LogP contribution in [0.4, 0.5) is 0 Å². The number of aryl methyl sites for hydroxylation is 1. The van der Waals surface area contributed by atoms with E-state index in [0.29, 0.717) is 11.8 Å². The van der Waals surface area contributed by atoms with Crippen molar-refractivity contribution in [2.45, 2.75) is 20.8 Å². The largest absolute Gasteiger partial charge is 0.383 e. The zero-order valence-electron chi connectivity index (χ0n) is 8.99. The highest BCUT2D eigenvalue weighted by atomic mass is 14.9. The van der Waals surface area contributed by atoms with Crippen molar-refractivity contribution in [2.24, 2.45) is 16.6 Å². The number of aliphatic imine (C=N–C) groups is 1. The van der Waals surface area contributed by atoms with Gasteiger partial charge in [0, 0.05) is 24.5 Å². The molecule has 0 aromatic carbocycles. The molecule has 0 bridgehead atoms. The second-order valence-electron chi connectivity index (χ2n) is 3.81. The molecule has 0 radical (unpaired) electrons. The summed E-state index contributed by atoms with van der Waals surface area (Å²) in [7, 11) is 0. The van der Waals surface area contributed by atoms with Crippen molar-refractivity contribution in [2.75, 3.05) is 6.54 Å². The van der Waals surface area contributed by atoms with E-state index in [-0.39, 0.29) is 0 Å². The summed E-state index contributed by atoms with van der Waals surface area (Å²) in [6.07, 6.45) is 3.53. The van der Waals surface area contributed by atoms with E-state index in [2.05, 4.69) is 23.8 Å². The molecule has 0 amide bonds. The molecule has 0 unspecified atom stereocenters. The van der Waals surface area contributed by atoms with E-state index < -0.39 is 0 Å². The number of hydrogen-bond donors (Lipinski definition) is 1. The number of aromatic nitrogens is 1. The van der Waals surface area contributed by atoms with E-state index in [1.54, 1.807) is 12.4 Å². The molecule has 0 saturated carbocycles. The number of pyridine rings is 1. The maximum Gasteiger partial charge on any atom is 0.126 e. The van der Waals surface area contributed by atoms with Crippen LogP contribution in [0, 0.1) is 12.8 Å². The molecule has 0 fully saturated rings. The molecule has 0 saturated heterocycles. The first-order valence-corrected chi connectivity index (χ1v) is 4.82. The summed E-state index contributed by atoms with van der Waals surface area (Å²) >= 11 is 0. The van der Waals surface area contributed by atoms with Gasteiger partial charge < -0.3 is 5.73 Å². The van der Waals surface area contributed by atoms with Crippen LogP contribution in [0.1, 0.15) is 25.0 Å². The Morgan fingerprint density at radius 1 is 1.57 bits per heavy atom. The number of nitrogens with two attached hydrogens (primary N) is 1. The van der Waals surface area contributed by atoms with E-state index in [1.165, 1.54) is 0 Å². The summed E-state index contributed by atoms with van der Waals surface area (Å²) < 4.78 is 0. The van der Waals surface area contributed by atoms with Crippen molar-refractivity contribution in [3.63, 3.8) is 0 Å². The van der Waals surface area contributed by atoms with Gasteiger partial charge in [-0.3, -0.25) is 9.98 Å². The van der Waals surface area contributed by atoms with Gasteiger partial charge in [0.25, 0.3) is 0 Å². The maximum atomic E-state index is 5.87. The summed E-state index contributed by atoms with van der Waals surface area (Å²) in [5.41, 5.74) is 7.92. The topological polar surface area (TPSA) is 51.3 Å². The summed E-state index contributed by atoms with van der Waals surface area (Å²) in [5, 5.41) is 0. The lowest BCUT2D eigenvalue weighted by Gasteiger charge is -2.05. The molecular formula is C11H17N3. The fourth-order valence-electron chi connectivity index (χ4n) is 1.13. The number of nitrogens with zero attached hydrogens (tertiary/aromatic N) is 2. The Hall–Kier alpha value is -1.38. The van der Waals surface area contributed by atoms with Crippen LogP contribution in [-0.2, 0) is 0 Å². The first-order valence-electron chi connectivity index (χ1n) is 4.82. The predicted octanol–water partition coefficient (Wildman–Crippen LogP) is 1.75. The predicted molar refractivity (Wildman–Crippen MR) is 59.4 cm³/mol. The number of rotatable bonds is 3.